The number of methoxy groups -OCH3 is 1. The molecule has 0 aromatic heterocycles. The number of anilines is 2. The van der Waals surface area contributed by atoms with Crippen LogP contribution in [0.3, 0.4) is 0 Å². The molecule has 1 amide bonds. The van der Waals surface area contributed by atoms with E-state index in [4.69, 9.17) is 4.74 Å². The molecule has 0 fully saturated rings. The topological polar surface area (TPSA) is 92.8 Å². The second-order valence-electron chi connectivity index (χ2n) is 7.18. The van der Waals surface area contributed by atoms with Gasteiger partial charge >= 0.3 is 5.97 Å². The van der Waals surface area contributed by atoms with E-state index in [0.717, 1.165) is 15.4 Å². The zero-order valence-corrected chi connectivity index (χ0v) is 18.8. The highest BCUT2D eigenvalue weighted by Gasteiger charge is 2.28. The summed E-state index contributed by atoms with van der Waals surface area (Å²) in [5, 5.41) is 2.63. The zero-order chi connectivity index (χ0) is 23.3. The Bertz CT molecular complexity index is 1240. The van der Waals surface area contributed by atoms with Crippen LogP contribution in [0.15, 0.2) is 77.7 Å². The van der Waals surface area contributed by atoms with Crippen LogP contribution >= 0.6 is 0 Å². The van der Waals surface area contributed by atoms with Gasteiger partial charge < -0.3 is 10.1 Å². The summed E-state index contributed by atoms with van der Waals surface area (Å²) < 4.78 is 32.6. The number of ether oxygens (including phenoxy) is 1. The first-order valence-electron chi connectivity index (χ1n) is 9.86. The third-order valence-electron chi connectivity index (χ3n) is 5.00. The summed E-state index contributed by atoms with van der Waals surface area (Å²) >= 11 is 0. The number of hydrogen-bond acceptors (Lipinski definition) is 5. The minimum atomic E-state index is -4.02. The molecule has 0 atom stereocenters. The Morgan fingerprint density at radius 1 is 0.906 bits per heavy atom. The molecular weight excluding hydrogens is 428 g/mol. The first-order valence-corrected chi connectivity index (χ1v) is 11.3. The molecular formula is C24H24N2O5S. The van der Waals surface area contributed by atoms with Crippen molar-refractivity contribution >= 4 is 33.3 Å². The maximum Gasteiger partial charge on any atom is 0.339 e. The predicted octanol–water partition coefficient (Wildman–Crippen LogP) is 3.92. The van der Waals surface area contributed by atoms with Gasteiger partial charge in [-0.2, -0.15) is 0 Å². The molecule has 0 aliphatic rings. The zero-order valence-electron chi connectivity index (χ0n) is 18.0. The normalized spacial score (nSPS) is 11.0. The molecule has 32 heavy (non-hydrogen) atoms. The van der Waals surface area contributed by atoms with Gasteiger partial charge in [-0.1, -0.05) is 36.4 Å². The van der Waals surface area contributed by atoms with Gasteiger partial charge in [0.1, 0.15) is 6.54 Å². The number of rotatable bonds is 7. The fourth-order valence-electron chi connectivity index (χ4n) is 3.12. The van der Waals surface area contributed by atoms with E-state index in [1.54, 1.807) is 48.5 Å². The van der Waals surface area contributed by atoms with E-state index in [9.17, 15) is 18.0 Å². The smallest absolute Gasteiger partial charge is 0.339 e. The number of esters is 1. The van der Waals surface area contributed by atoms with E-state index in [-0.39, 0.29) is 16.1 Å². The fraction of sp³-hybridized carbons (Fsp3) is 0.167. The van der Waals surface area contributed by atoms with Gasteiger partial charge in [-0.15, -0.1) is 0 Å². The van der Waals surface area contributed by atoms with E-state index in [2.05, 4.69) is 5.32 Å². The van der Waals surface area contributed by atoms with E-state index in [1.807, 2.05) is 19.9 Å². The third kappa shape index (κ3) is 4.97. The Labute approximate surface area is 187 Å². The average molecular weight is 453 g/mol. The van der Waals surface area contributed by atoms with Crippen LogP contribution < -0.4 is 9.62 Å². The first kappa shape index (κ1) is 23.0. The van der Waals surface area contributed by atoms with Crippen LogP contribution in [0.25, 0.3) is 0 Å². The summed E-state index contributed by atoms with van der Waals surface area (Å²) in [6, 6.07) is 19.5. The molecule has 0 aliphatic heterocycles. The van der Waals surface area contributed by atoms with Crippen molar-refractivity contribution in [3.63, 3.8) is 0 Å². The monoisotopic (exact) mass is 452 g/mol. The molecule has 0 heterocycles. The molecule has 3 aromatic carbocycles. The Kier molecular flexibility index (Phi) is 6.95. The molecule has 0 saturated heterocycles. The minimum Gasteiger partial charge on any atom is -0.465 e. The quantitative estimate of drug-likeness (QED) is 0.549. The van der Waals surface area contributed by atoms with Gasteiger partial charge in [0.15, 0.2) is 0 Å². The van der Waals surface area contributed by atoms with Crippen LogP contribution in [0.5, 0.6) is 0 Å². The van der Waals surface area contributed by atoms with Crippen molar-refractivity contribution in [3.05, 3.63) is 89.5 Å². The van der Waals surface area contributed by atoms with Gasteiger partial charge in [0, 0.05) is 0 Å². The average Bonchev–Trinajstić information content (AvgIpc) is 2.79. The number of para-hydroxylation sites is 1. The Balaban J connectivity index is 1.97. The lowest BCUT2D eigenvalue weighted by Gasteiger charge is -2.25. The molecule has 0 radical (unpaired) electrons. The number of nitrogens with one attached hydrogen (secondary N) is 1. The lowest BCUT2D eigenvalue weighted by atomic mass is 10.1. The van der Waals surface area contributed by atoms with Crippen molar-refractivity contribution < 1.29 is 22.7 Å². The lowest BCUT2D eigenvalue weighted by molar-refractivity contribution is -0.114. The van der Waals surface area contributed by atoms with Gasteiger partial charge in [-0.3, -0.25) is 9.10 Å². The summed E-state index contributed by atoms with van der Waals surface area (Å²) in [5.74, 6) is -1.21. The molecule has 0 saturated carbocycles. The number of nitrogens with zero attached hydrogens (tertiary/aromatic N) is 1. The van der Waals surface area contributed by atoms with Crippen molar-refractivity contribution in [1.29, 1.82) is 0 Å². The van der Waals surface area contributed by atoms with Crippen LogP contribution in [0.1, 0.15) is 21.5 Å². The Morgan fingerprint density at radius 3 is 2.22 bits per heavy atom. The van der Waals surface area contributed by atoms with Crippen molar-refractivity contribution in [3.8, 4) is 0 Å². The van der Waals surface area contributed by atoms with Gasteiger partial charge in [0.2, 0.25) is 5.91 Å². The number of carbonyl (C=O) groups excluding carboxylic acids is 2. The lowest BCUT2D eigenvalue weighted by Crippen LogP contribution is -2.38. The number of carbonyl (C=O) groups is 2. The highest BCUT2D eigenvalue weighted by molar-refractivity contribution is 7.92. The molecule has 3 rings (SSSR count). The minimum absolute atomic E-state index is 0.0704. The van der Waals surface area contributed by atoms with Gasteiger partial charge in [-0.05, 0) is 61.4 Å². The van der Waals surface area contributed by atoms with Crippen molar-refractivity contribution in [2.24, 2.45) is 0 Å². The van der Waals surface area contributed by atoms with Crippen LogP contribution in [0, 0.1) is 13.8 Å². The van der Waals surface area contributed by atoms with E-state index in [1.165, 1.54) is 25.3 Å². The van der Waals surface area contributed by atoms with Crippen LogP contribution in [0.2, 0.25) is 0 Å². The predicted molar refractivity (Wildman–Crippen MR) is 123 cm³/mol. The molecule has 0 spiro atoms. The van der Waals surface area contributed by atoms with Gasteiger partial charge in [0.05, 0.1) is 28.9 Å². The maximum atomic E-state index is 13.4. The number of aryl methyl sites for hydroxylation is 2. The second kappa shape index (κ2) is 9.65. The van der Waals surface area contributed by atoms with Crippen LogP contribution in [0.4, 0.5) is 11.4 Å². The summed E-state index contributed by atoms with van der Waals surface area (Å²) in [6.45, 7) is 3.32. The van der Waals surface area contributed by atoms with Crippen LogP contribution in [-0.2, 0) is 19.6 Å². The highest BCUT2D eigenvalue weighted by Crippen LogP contribution is 2.26. The standard InChI is InChI=1S/C24H24N2O5S/c1-17-13-14-19(15-18(17)2)26(32(29,30)20-9-5-4-6-10-20)16-23(27)25-22-12-8-7-11-21(22)24(28)31-3/h4-15H,16H2,1-3H3,(H,25,27). The molecule has 3 aromatic rings. The molecule has 8 heteroatoms. The third-order valence-corrected chi connectivity index (χ3v) is 6.79. The number of sulfonamides is 1. The SMILES string of the molecule is COC(=O)c1ccccc1NC(=O)CN(c1ccc(C)c(C)c1)S(=O)(=O)c1ccccc1. The van der Waals surface area contributed by atoms with Crippen molar-refractivity contribution in [2.45, 2.75) is 18.7 Å². The highest BCUT2D eigenvalue weighted by atomic mass is 32.2. The second-order valence-corrected chi connectivity index (χ2v) is 9.04. The van der Waals surface area contributed by atoms with Crippen molar-refractivity contribution in [2.75, 3.05) is 23.3 Å². The maximum absolute atomic E-state index is 13.4. The largest absolute Gasteiger partial charge is 0.465 e. The summed E-state index contributed by atoms with van der Waals surface area (Å²) in [7, 11) is -2.78. The first-order chi connectivity index (χ1) is 15.2. The van der Waals surface area contributed by atoms with E-state index >= 15 is 0 Å². The molecule has 0 unspecified atom stereocenters. The van der Waals surface area contributed by atoms with Gasteiger partial charge in [0.25, 0.3) is 10.0 Å². The van der Waals surface area contributed by atoms with E-state index in [0.29, 0.717) is 5.69 Å². The van der Waals surface area contributed by atoms with Crippen LogP contribution in [-0.4, -0.2) is 33.9 Å². The molecule has 166 valence electrons. The van der Waals surface area contributed by atoms with Gasteiger partial charge in [-0.25, -0.2) is 13.2 Å². The Morgan fingerprint density at radius 2 is 1.56 bits per heavy atom. The number of amides is 1. The van der Waals surface area contributed by atoms with E-state index < -0.39 is 28.4 Å². The molecule has 0 aliphatic carbocycles. The summed E-state index contributed by atoms with van der Waals surface area (Å²) in [5.41, 5.74) is 2.68. The van der Waals surface area contributed by atoms with Crippen molar-refractivity contribution in [1.82, 2.24) is 0 Å². The summed E-state index contributed by atoms with van der Waals surface area (Å²) in [6.07, 6.45) is 0. The molecule has 1 N–H and O–H groups in total. The molecule has 0 bridgehead atoms. The molecule has 7 nitrogen and oxygen atoms in total. The number of hydrogen-bond donors (Lipinski definition) is 1. The number of benzene rings is 3. The Hall–Kier alpha value is -3.65. The summed E-state index contributed by atoms with van der Waals surface area (Å²) in [4.78, 5) is 25.0. The fourth-order valence-corrected chi connectivity index (χ4v) is 4.55.